The molecule has 1 aromatic carbocycles. The minimum absolute atomic E-state index is 0.185. The van der Waals surface area contributed by atoms with Gasteiger partial charge in [0.15, 0.2) is 5.82 Å². The molecule has 0 aliphatic rings. The summed E-state index contributed by atoms with van der Waals surface area (Å²) < 4.78 is 28.8. The Morgan fingerprint density at radius 2 is 1.96 bits per heavy atom. The van der Waals surface area contributed by atoms with Crippen molar-refractivity contribution >= 4 is 15.8 Å². The molecule has 2 aromatic heterocycles. The maximum atomic E-state index is 12.4. The van der Waals surface area contributed by atoms with Gasteiger partial charge in [0, 0.05) is 18.5 Å². The van der Waals surface area contributed by atoms with E-state index in [0.29, 0.717) is 5.82 Å². The van der Waals surface area contributed by atoms with Crippen molar-refractivity contribution in [1.82, 2.24) is 19.7 Å². The highest BCUT2D eigenvalue weighted by Gasteiger charge is 2.15. The Bertz CT molecular complexity index is 890. The molecule has 0 aliphatic heterocycles. The predicted octanol–water partition coefficient (Wildman–Crippen LogP) is 2.03. The summed E-state index contributed by atoms with van der Waals surface area (Å²) in [5, 5.41) is 4.05. The van der Waals surface area contributed by atoms with Crippen LogP contribution in [0.3, 0.4) is 0 Å². The zero-order valence-corrected chi connectivity index (χ0v) is 13.2. The molecule has 0 fully saturated rings. The Hall–Kier alpha value is -2.74. The van der Waals surface area contributed by atoms with Gasteiger partial charge in [0.1, 0.15) is 12.1 Å². The van der Waals surface area contributed by atoms with Gasteiger partial charge in [-0.15, -0.1) is 0 Å². The molecule has 0 unspecified atom stereocenters. The monoisotopic (exact) mass is 329 g/mol. The molecule has 0 aliphatic carbocycles. The molecule has 8 heteroatoms. The lowest BCUT2D eigenvalue weighted by Crippen LogP contribution is -2.14. The third-order valence-electron chi connectivity index (χ3n) is 3.27. The van der Waals surface area contributed by atoms with Crippen molar-refractivity contribution in [2.45, 2.75) is 18.2 Å². The van der Waals surface area contributed by atoms with Crippen LogP contribution in [0.2, 0.25) is 0 Å². The summed E-state index contributed by atoms with van der Waals surface area (Å²) in [6.07, 6.45) is 5.47. The van der Waals surface area contributed by atoms with Crippen LogP contribution in [0.1, 0.15) is 12.5 Å². The highest BCUT2D eigenvalue weighted by atomic mass is 32.2. The number of aryl methyl sites for hydroxylation is 1. The predicted molar refractivity (Wildman–Crippen MR) is 85.8 cm³/mol. The highest BCUT2D eigenvalue weighted by molar-refractivity contribution is 7.92. The van der Waals surface area contributed by atoms with Gasteiger partial charge in [-0.2, -0.15) is 5.10 Å². The molecular formula is C15H15N5O2S. The molecule has 0 atom stereocenters. The Morgan fingerprint density at radius 3 is 2.61 bits per heavy atom. The number of nitrogens with one attached hydrogen (secondary N) is 1. The van der Waals surface area contributed by atoms with Crippen LogP contribution in [-0.4, -0.2) is 28.2 Å². The molecule has 1 N–H and O–H groups in total. The minimum Gasteiger partial charge on any atom is -0.263 e. The Kier molecular flexibility index (Phi) is 4.07. The molecule has 3 rings (SSSR count). The van der Waals surface area contributed by atoms with Crippen LogP contribution in [0.25, 0.3) is 5.82 Å². The summed E-state index contributed by atoms with van der Waals surface area (Å²) in [6, 6.07) is 10.0. The molecule has 0 saturated heterocycles. The lowest BCUT2D eigenvalue weighted by molar-refractivity contribution is 0.601. The standard InChI is InChI=1S/C15H15N5O2S/c1-2-12-4-6-13(7-5-12)23(21,22)19-14-10-15(17-11-16-14)20-9-3-8-18-20/h3-11H,2H2,1H3,(H,16,17,19). The average molecular weight is 329 g/mol. The van der Waals surface area contributed by atoms with Crippen LogP contribution in [0.5, 0.6) is 0 Å². The first-order chi connectivity index (χ1) is 11.1. The Labute approximate surface area is 134 Å². The van der Waals surface area contributed by atoms with E-state index in [2.05, 4.69) is 19.8 Å². The van der Waals surface area contributed by atoms with Crippen molar-refractivity contribution in [2.24, 2.45) is 0 Å². The van der Waals surface area contributed by atoms with E-state index in [0.717, 1.165) is 12.0 Å². The fourth-order valence-corrected chi connectivity index (χ4v) is 3.03. The second-order valence-corrected chi connectivity index (χ2v) is 6.50. The maximum absolute atomic E-state index is 12.4. The average Bonchev–Trinajstić information content (AvgIpc) is 3.09. The highest BCUT2D eigenvalue weighted by Crippen LogP contribution is 2.16. The fourth-order valence-electron chi connectivity index (χ4n) is 2.03. The van der Waals surface area contributed by atoms with Gasteiger partial charge >= 0.3 is 0 Å². The molecule has 118 valence electrons. The third kappa shape index (κ3) is 3.37. The molecule has 7 nitrogen and oxygen atoms in total. The summed E-state index contributed by atoms with van der Waals surface area (Å²) in [6.45, 7) is 2.01. The molecular weight excluding hydrogens is 314 g/mol. The van der Waals surface area contributed by atoms with E-state index < -0.39 is 10.0 Å². The van der Waals surface area contributed by atoms with Gasteiger partial charge in [-0.05, 0) is 30.2 Å². The van der Waals surface area contributed by atoms with Gasteiger partial charge in [0.05, 0.1) is 4.90 Å². The number of rotatable bonds is 5. The van der Waals surface area contributed by atoms with Gasteiger partial charge in [-0.25, -0.2) is 23.1 Å². The van der Waals surface area contributed by atoms with E-state index in [9.17, 15) is 8.42 Å². The fraction of sp³-hybridized carbons (Fsp3) is 0.133. The van der Waals surface area contributed by atoms with Crippen molar-refractivity contribution < 1.29 is 8.42 Å². The SMILES string of the molecule is CCc1ccc(S(=O)(=O)Nc2cc(-n3cccn3)ncn2)cc1. The maximum Gasteiger partial charge on any atom is 0.263 e. The zero-order valence-electron chi connectivity index (χ0n) is 12.4. The number of benzene rings is 1. The molecule has 2 heterocycles. The van der Waals surface area contributed by atoms with E-state index in [-0.39, 0.29) is 10.7 Å². The normalized spacial score (nSPS) is 11.3. The van der Waals surface area contributed by atoms with Crippen LogP contribution < -0.4 is 4.72 Å². The Morgan fingerprint density at radius 1 is 1.17 bits per heavy atom. The summed E-state index contributed by atoms with van der Waals surface area (Å²) in [5.41, 5.74) is 1.08. The molecule has 0 radical (unpaired) electrons. The number of aromatic nitrogens is 4. The van der Waals surface area contributed by atoms with Gasteiger partial charge in [0.25, 0.3) is 10.0 Å². The lowest BCUT2D eigenvalue weighted by atomic mass is 10.2. The largest absolute Gasteiger partial charge is 0.263 e. The number of nitrogens with zero attached hydrogens (tertiary/aromatic N) is 4. The first kappa shape index (κ1) is 15.2. The summed E-state index contributed by atoms with van der Waals surface area (Å²) in [4.78, 5) is 8.20. The van der Waals surface area contributed by atoms with E-state index in [1.54, 1.807) is 42.7 Å². The van der Waals surface area contributed by atoms with Crippen molar-refractivity contribution in [3.8, 4) is 5.82 Å². The summed E-state index contributed by atoms with van der Waals surface area (Å²) >= 11 is 0. The van der Waals surface area contributed by atoms with Gasteiger partial charge in [-0.3, -0.25) is 4.72 Å². The van der Waals surface area contributed by atoms with E-state index in [4.69, 9.17) is 0 Å². The smallest absolute Gasteiger partial charge is 0.263 e. The summed E-state index contributed by atoms with van der Waals surface area (Å²) in [7, 11) is -3.69. The quantitative estimate of drug-likeness (QED) is 0.773. The van der Waals surface area contributed by atoms with Crippen LogP contribution in [-0.2, 0) is 16.4 Å². The van der Waals surface area contributed by atoms with Crippen LogP contribution in [0.15, 0.2) is 60.0 Å². The molecule has 0 amide bonds. The second-order valence-electron chi connectivity index (χ2n) is 4.82. The Balaban J connectivity index is 1.87. The second kappa shape index (κ2) is 6.17. The molecule has 0 spiro atoms. The van der Waals surface area contributed by atoms with Gasteiger partial charge in [-0.1, -0.05) is 19.1 Å². The van der Waals surface area contributed by atoms with Gasteiger partial charge < -0.3 is 0 Å². The first-order valence-electron chi connectivity index (χ1n) is 7.02. The van der Waals surface area contributed by atoms with E-state index in [1.807, 2.05) is 6.92 Å². The van der Waals surface area contributed by atoms with Crippen LogP contribution in [0.4, 0.5) is 5.82 Å². The number of hydrogen-bond acceptors (Lipinski definition) is 5. The van der Waals surface area contributed by atoms with Crippen molar-refractivity contribution in [3.63, 3.8) is 0 Å². The molecule has 3 aromatic rings. The topological polar surface area (TPSA) is 89.8 Å². The zero-order chi connectivity index (χ0) is 16.3. The number of anilines is 1. The van der Waals surface area contributed by atoms with E-state index >= 15 is 0 Å². The minimum atomic E-state index is -3.69. The number of hydrogen-bond donors (Lipinski definition) is 1. The molecule has 0 bridgehead atoms. The van der Waals surface area contributed by atoms with Crippen molar-refractivity contribution in [1.29, 1.82) is 0 Å². The number of sulfonamides is 1. The molecule has 23 heavy (non-hydrogen) atoms. The molecule has 0 saturated carbocycles. The third-order valence-corrected chi connectivity index (χ3v) is 4.64. The van der Waals surface area contributed by atoms with Gasteiger partial charge in [0.2, 0.25) is 0 Å². The van der Waals surface area contributed by atoms with E-state index in [1.165, 1.54) is 17.1 Å². The summed E-state index contributed by atoms with van der Waals surface area (Å²) in [5.74, 6) is 0.661. The van der Waals surface area contributed by atoms with Crippen LogP contribution in [0, 0.1) is 0 Å². The van der Waals surface area contributed by atoms with Crippen molar-refractivity contribution in [3.05, 3.63) is 60.7 Å². The lowest BCUT2D eigenvalue weighted by Gasteiger charge is -2.08. The van der Waals surface area contributed by atoms with Crippen molar-refractivity contribution in [2.75, 3.05) is 4.72 Å². The first-order valence-corrected chi connectivity index (χ1v) is 8.50. The van der Waals surface area contributed by atoms with Crippen LogP contribution >= 0.6 is 0 Å².